The van der Waals surface area contributed by atoms with Gasteiger partial charge in [0, 0.05) is 6.04 Å². The first-order valence-electron chi connectivity index (χ1n) is 6.90. The average molecular weight is 240 g/mol. The molecule has 17 heavy (non-hydrogen) atoms. The zero-order valence-corrected chi connectivity index (χ0v) is 11.8. The van der Waals surface area contributed by atoms with E-state index in [9.17, 15) is 4.79 Å². The molecule has 0 aliphatic heterocycles. The number of amides is 1. The lowest BCUT2D eigenvalue weighted by molar-refractivity contribution is -0.125. The first-order chi connectivity index (χ1) is 7.84. The summed E-state index contributed by atoms with van der Waals surface area (Å²) in [4.78, 5) is 12.0. The first kappa shape index (κ1) is 14.5. The maximum absolute atomic E-state index is 12.0. The summed E-state index contributed by atoms with van der Waals surface area (Å²) in [6.45, 7) is 8.26. The van der Waals surface area contributed by atoms with Crippen molar-refractivity contribution in [1.29, 1.82) is 0 Å². The molecule has 0 heterocycles. The summed E-state index contributed by atoms with van der Waals surface area (Å²) in [5.74, 6) is 0.872. The fourth-order valence-corrected chi connectivity index (χ4v) is 2.40. The molecule has 0 aromatic carbocycles. The van der Waals surface area contributed by atoms with Gasteiger partial charge in [-0.25, -0.2) is 0 Å². The topological polar surface area (TPSA) is 55.1 Å². The number of nitrogens with two attached hydrogens (primary N) is 1. The number of rotatable bonds is 3. The van der Waals surface area contributed by atoms with Gasteiger partial charge in [0.05, 0.1) is 6.04 Å². The van der Waals surface area contributed by atoms with Gasteiger partial charge in [-0.05, 0) is 37.0 Å². The molecule has 0 spiro atoms. The summed E-state index contributed by atoms with van der Waals surface area (Å²) in [7, 11) is 0. The maximum atomic E-state index is 12.0. The van der Waals surface area contributed by atoms with E-state index in [0.717, 1.165) is 18.8 Å². The predicted molar refractivity (Wildman–Crippen MR) is 71.6 cm³/mol. The summed E-state index contributed by atoms with van der Waals surface area (Å²) in [5.41, 5.74) is 5.79. The van der Waals surface area contributed by atoms with Crippen molar-refractivity contribution in [2.45, 2.75) is 71.9 Å². The van der Waals surface area contributed by atoms with Crippen molar-refractivity contribution in [1.82, 2.24) is 5.32 Å². The predicted octanol–water partition coefficient (Wildman–Crippen LogP) is 2.44. The summed E-state index contributed by atoms with van der Waals surface area (Å²) >= 11 is 0. The van der Waals surface area contributed by atoms with Gasteiger partial charge < -0.3 is 11.1 Å². The quantitative estimate of drug-likeness (QED) is 0.796. The standard InChI is InChI=1S/C14H28N2O/c1-5-10-6-8-11(9-7-10)16-13(17)12(15)14(2,3)4/h10-12H,5-9,15H2,1-4H3,(H,16,17). The van der Waals surface area contributed by atoms with Crippen LogP contribution in [0.4, 0.5) is 0 Å². The second kappa shape index (κ2) is 5.85. The molecular weight excluding hydrogens is 212 g/mol. The fourth-order valence-electron chi connectivity index (χ4n) is 2.40. The Morgan fingerprint density at radius 3 is 2.24 bits per heavy atom. The Bertz CT molecular complexity index is 249. The zero-order chi connectivity index (χ0) is 13.1. The van der Waals surface area contributed by atoms with Gasteiger partial charge in [0.15, 0.2) is 0 Å². The van der Waals surface area contributed by atoms with Crippen LogP contribution >= 0.6 is 0 Å². The molecule has 1 aliphatic rings. The number of carbonyl (C=O) groups excluding carboxylic acids is 1. The van der Waals surface area contributed by atoms with Crippen LogP contribution in [0.25, 0.3) is 0 Å². The van der Waals surface area contributed by atoms with Crippen LogP contribution in [-0.2, 0) is 4.79 Å². The lowest BCUT2D eigenvalue weighted by Gasteiger charge is -2.32. The third-order valence-electron chi connectivity index (χ3n) is 3.99. The minimum Gasteiger partial charge on any atom is -0.352 e. The summed E-state index contributed by atoms with van der Waals surface area (Å²) in [6.07, 6.45) is 5.97. The van der Waals surface area contributed by atoms with Crippen LogP contribution in [0.1, 0.15) is 59.8 Å². The first-order valence-corrected chi connectivity index (χ1v) is 6.90. The molecule has 0 bridgehead atoms. The molecule has 3 N–H and O–H groups in total. The number of carbonyl (C=O) groups is 1. The monoisotopic (exact) mass is 240 g/mol. The van der Waals surface area contributed by atoms with E-state index < -0.39 is 6.04 Å². The minimum atomic E-state index is -0.411. The second-order valence-electron chi connectivity index (χ2n) is 6.48. The Balaban J connectivity index is 2.38. The number of hydrogen-bond acceptors (Lipinski definition) is 2. The third-order valence-corrected chi connectivity index (χ3v) is 3.99. The van der Waals surface area contributed by atoms with Gasteiger partial charge in [0.1, 0.15) is 0 Å². The molecule has 1 fully saturated rings. The molecule has 1 aliphatic carbocycles. The highest BCUT2D eigenvalue weighted by Crippen LogP contribution is 2.27. The van der Waals surface area contributed by atoms with Gasteiger partial charge in [0.25, 0.3) is 0 Å². The van der Waals surface area contributed by atoms with Crippen molar-refractivity contribution in [3.63, 3.8) is 0 Å². The Kier molecular flexibility index (Phi) is 4.99. The fraction of sp³-hybridized carbons (Fsp3) is 0.929. The Hall–Kier alpha value is -0.570. The van der Waals surface area contributed by atoms with Crippen LogP contribution in [0.2, 0.25) is 0 Å². The summed E-state index contributed by atoms with van der Waals surface area (Å²) in [6, 6.07) is -0.0647. The Morgan fingerprint density at radius 2 is 1.82 bits per heavy atom. The molecule has 0 saturated heterocycles. The maximum Gasteiger partial charge on any atom is 0.237 e. The van der Waals surface area contributed by atoms with Crippen LogP contribution in [0, 0.1) is 11.3 Å². The van der Waals surface area contributed by atoms with E-state index in [1.165, 1.54) is 19.3 Å². The molecule has 1 saturated carbocycles. The molecule has 0 radical (unpaired) electrons. The molecule has 3 heteroatoms. The summed E-state index contributed by atoms with van der Waals surface area (Å²) in [5, 5.41) is 3.11. The molecule has 0 aromatic heterocycles. The SMILES string of the molecule is CCC1CCC(NC(=O)C(N)C(C)(C)C)CC1. The average Bonchev–Trinajstić information content (AvgIpc) is 2.27. The van der Waals surface area contributed by atoms with E-state index in [1.54, 1.807) is 0 Å². The normalized spacial score (nSPS) is 27.6. The van der Waals surface area contributed by atoms with Crippen molar-refractivity contribution in [2.75, 3.05) is 0 Å². The zero-order valence-electron chi connectivity index (χ0n) is 11.8. The van der Waals surface area contributed by atoms with Crippen molar-refractivity contribution in [3.8, 4) is 0 Å². The van der Waals surface area contributed by atoms with Crippen LogP contribution in [-0.4, -0.2) is 18.0 Å². The van der Waals surface area contributed by atoms with Crippen LogP contribution in [0.5, 0.6) is 0 Å². The van der Waals surface area contributed by atoms with E-state index >= 15 is 0 Å². The lowest BCUT2D eigenvalue weighted by atomic mass is 9.83. The van der Waals surface area contributed by atoms with Crippen molar-refractivity contribution >= 4 is 5.91 Å². The second-order valence-corrected chi connectivity index (χ2v) is 6.48. The molecule has 1 amide bonds. The molecule has 3 nitrogen and oxygen atoms in total. The molecule has 1 unspecified atom stereocenters. The van der Waals surface area contributed by atoms with Gasteiger partial charge in [-0.2, -0.15) is 0 Å². The van der Waals surface area contributed by atoms with Gasteiger partial charge in [0.2, 0.25) is 5.91 Å². The third kappa shape index (κ3) is 4.30. The molecule has 100 valence electrons. The molecule has 0 aromatic rings. The molecule has 1 rings (SSSR count). The number of nitrogens with one attached hydrogen (secondary N) is 1. The van der Waals surface area contributed by atoms with E-state index in [0.29, 0.717) is 6.04 Å². The molecular formula is C14H28N2O. The smallest absolute Gasteiger partial charge is 0.237 e. The van der Waals surface area contributed by atoms with Crippen LogP contribution in [0.3, 0.4) is 0 Å². The van der Waals surface area contributed by atoms with Crippen molar-refractivity contribution < 1.29 is 4.79 Å². The lowest BCUT2D eigenvalue weighted by Crippen LogP contribution is -2.51. The van der Waals surface area contributed by atoms with Gasteiger partial charge in [-0.15, -0.1) is 0 Å². The largest absolute Gasteiger partial charge is 0.352 e. The Labute approximate surface area is 106 Å². The molecule has 1 atom stereocenters. The van der Waals surface area contributed by atoms with E-state index in [4.69, 9.17) is 5.73 Å². The Morgan fingerprint density at radius 1 is 1.29 bits per heavy atom. The van der Waals surface area contributed by atoms with Crippen LogP contribution in [0.15, 0.2) is 0 Å². The van der Waals surface area contributed by atoms with E-state index in [1.807, 2.05) is 20.8 Å². The van der Waals surface area contributed by atoms with Gasteiger partial charge in [-0.1, -0.05) is 34.1 Å². The van der Waals surface area contributed by atoms with Gasteiger partial charge in [-0.3, -0.25) is 4.79 Å². The highest BCUT2D eigenvalue weighted by molar-refractivity contribution is 5.82. The van der Waals surface area contributed by atoms with E-state index in [-0.39, 0.29) is 11.3 Å². The van der Waals surface area contributed by atoms with E-state index in [2.05, 4.69) is 12.2 Å². The highest BCUT2D eigenvalue weighted by Gasteiger charge is 2.29. The van der Waals surface area contributed by atoms with Gasteiger partial charge >= 0.3 is 0 Å². The minimum absolute atomic E-state index is 0.0115. The summed E-state index contributed by atoms with van der Waals surface area (Å²) < 4.78 is 0. The number of hydrogen-bond donors (Lipinski definition) is 2. The highest BCUT2D eigenvalue weighted by atomic mass is 16.2. The van der Waals surface area contributed by atoms with Crippen molar-refractivity contribution in [3.05, 3.63) is 0 Å². The van der Waals surface area contributed by atoms with Crippen molar-refractivity contribution in [2.24, 2.45) is 17.1 Å². The van der Waals surface area contributed by atoms with Crippen LogP contribution < -0.4 is 11.1 Å².